The van der Waals surface area contributed by atoms with Gasteiger partial charge in [-0.3, -0.25) is 4.57 Å². The predicted molar refractivity (Wildman–Crippen MR) is 101 cm³/mol. The van der Waals surface area contributed by atoms with Crippen molar-refractivity contribution in [1.82, 2.24) is 19.5 Å². The molecule has 4 atom stereocenters. The van der Waals surface area contributed by atoms with Crippen LogP contribution in [-0.2, 0) is 4.74 Å². The van der Waals surface area contributed by atoms with Crippen LogP contribution >= 0.6 is 0 Å². The van der Waals surface area contributed by atoms with Gasteiger partial charge in [0.05, 0.1) is 12.9 Å². The van der Waals surface area contributed by atoms with Gasteiger partial charge < -0.3 is 25.8 Å². The summed E-state index contributed by atoms with van der Waals surface area (Å²) < 4.78 is 7.01. The van der Waals surface area contributed by atoms with Gasteiger partial charge in [-0.1, -0.05) is 19.3 Å². The molecule has 28 heavy (non-hydrogen) atoms. The summed E-state index contributed by atoms with van der Waals surface area (Å²) >= 11 is 0. The van der Waals surface area contributed by atoms with E-state index < -0.39 is 31.1 Å². The molecule has 152 valence electrons. The van der Waals surface area contributed by atoms with E-state index in [1.54, 1.807) is 0 Å². The summed E-state index contributed by atoms with van der Waals surface area (Å²) in [4.78, 5) is 12.7. The van der Waals surface area contributed by atoms with Gasteiger partial charge >= 0.3 is 0 Å². The van der Waals surface area contributed by atoms with Crippen LogP contribution in [0.1, 0.15) is 38.3 Å². The maximum absolute atomic E-state index is 10.3. The number of imidazole rings is 1. The van der Waals surface area contributed by atoms with E-state index in [1.807, 2.05) is 6.21 Å². The number of ether oxygens (including phenoxy) is 1. The van der Waals surface area contributed by atoms with Crippen LogP contribution in [0.4, 0.5) is 11.8 Å². The summed E-state index contributed by atoms with van der Waals surface area (Å²) in [7, 11) is 0. The number of nitrogens with one attached hydrogen (secondary N) is 1. The highest BCUT2D eigenvalue weighted by Crippen LogP contribution is 2.32. The molecular formula is C17H25N7O4. The highest BCUT2D eigenvalue weighted by atomic mass is 16.6. The van der Waals surface area contributed by atoms with Gasteiger partial charge in [0, 0.05) is 6.21 Å². The standard InChI is InChI=1S/C17H25N7O4/c18-14-11-15(22-17(21-14)23-20-6-9-4-2-1-3-5-9)24(8-19-11)16-13(27)12(26)10(7-25)28-16/h6,8-10,12-13,16,25-27H,1-5,7H2,(H3,18,21,22,23)/t10-,12?,13?,16-/m1/s1. The normalized spacial score (nSPS) is 29.1. The maximum Gasteiger partial charge on any atom is 0.247 e. The van der Waals surface area contributed by atoms with Crippen LogP contribution in [0.5, 0.6) is 0 Å². The number of fused-ring (bicyclic) bond motifs is 1. The molecule has 6 N–H and O–H groups in total. The Labute approximate surface area is 161 Å². The molecule has 1 saturated heterocycles. The summed E-state index contributed by atoms with van der Waals surface area (Å²) in [5.41, 5.74) is 9.47. The van der Waals surface area contributed by atoms with Gasteiger partial charge in [-0.2, -0.15) is 15.1 Å². The summed E-state index contributed by atoms with van der Waals surface area (Å²) in [5, 5.41) is 33.8. The topological polar surface area (TPSA) is 164 Å². The van der Waals surface area contributed by atoms with Crippen LogP contribution in [-0.4, -0.2) is 66.0 Å². The molecule has 1 aliphatic carbocycles. The van der Waals surface area contributed by atoms with E-state index in [4.69, 9.17) is 10.5 Å². The number of hydrogen-bond acceptors (Lipinski definition) is 10. The molecule has 2 aromatic heterocycles. The number of nitrogens with zero attached hydrogens (tertiary/aromatic N) is 5. The van der Waals surface area contributed by atoms with Gasteiger partial charge in [-0.15, -0.1) is 0 Å². The molecule has 0 bridgehead atoms. The lowest BCUT2D eigenvalue weighted by Crippen LogP contribution is -2.33. The zero-order valence-corrected chi connectivity index (χ0v) is 15.3. The fraction of sp³-hybridized carbons (Fsp3) is 0.647. The largest absolute Gasteiger partial charge is 0.394 e. The Kier molecular flexibility index (Phi) is 5.40. The maximum atomic E-state index is 10.3. The Morgan fingerprint density at radius 2 is 2.04 bits per heavy atom. The Bertz CT molecular complexity index is 851. The van der Waals surface area contributed by atoms with E-state index in [1.165, 1.54) is 30.2 Å². The quantitative estimate of drug-likeness (QED) is 0.348. The number of nitrogen functional groups attached to an aromatic ring is 1. The van der Waals surface area contributed by atoms with Gasteiger partial charge in [0.1, 0.15) is 23.8 Å². The zero-order chi connectivity index (χ0) is 19.7. The molecule has 3 heterocycles. The number of hydrogen-bond donors (Lipinski definition) is 5. The number of aliphatic hydroxyl groups is 3. The number of rotatable bonds is 5. The number of nitrogens with two attached hydrogens (primary N) is 1. The first-order chi connectivity index (χ1) is 13.6. The fourth-order valence-electron chi connectivity index (χ4n) is 3.77. The van der Waals surface area contributed by atoms with Crippen LogP contribution in [0.15, 0.2) is 11.4 Å². The lowest BCUT2D eigenvalue weighted by molar-refractivity contribution is -0.0511. The summed E-state index contributed by atoms with van der Waals surface area (Å²) in [6.07, 6.45) is 4.95. The first-order valence-electron chi connectivity index (χ1n) is 9.50. The first kappa shape index (κ1) is 19.0. The number of anilines is 2. The van der Waals surface area contributed by atoms with E-state index in [0.29, 0.717) is 17.1 Å². The average Bonchev–Trinajstić information content (AvgIpc) is 3.24. The highest BCUT2D eigenvalue weighted by Gasteiger charge is 2.44. The summed E-state index contributed by atoms with van der Waals surface area (Å²) in [5.74, 6) is 0.809. The van der Waals surface area contributed by atoms with E-state index >= 15 is 0 Å². The van der Waals surface area contributed by atoms with Crippen molar-refractivity contribution in [2.24, 2.45) is 11.0 Å². The lowest BCUT2D eigenvalue weighted by Gasteiger charge is -2.17. The minimum absolute atomic E-state index is 0.158. The molecule has 1 aliphatic heterocycles. The summed E-state index contributed by atoms with van der Waals surface area (Å²) in [6, 6.07) is 0. The van der Waals surface area contributed by atoms with Gasteiger partial charge in [-0.05, 0) is 18.8 Å². The van der Waals surface area contributed by atoms with Crippen molar-refractivity contribution in [3.05, 3.63) is 6.33 Å². The third kappa shape index (κ3) is 3.53. The highest BCUT2D eigenvalue weighted by molar-refractivity contribution is 5.83. The monoisotopic (exact) mass is 391 g/mol. The van der Waals surface area contributed by atoms with Crippen molar-refractivity contribution < 1.29 is 20.1 Å². The van der Waals surface area contributed by atoms with Crippen molar-refractivity contribution in [3.63, 3.8) is 0 Å². The number of aliphatic hydroxyl groups excluding tert-OH is 3. The van der Waals surface area contributed by atoms with Crippen molar-refractivity contribution in [2.75, 3.05) is 17.8 Å². The van der Waals surface area contributed by atoms with Crippen molar-refractivity contribution in [2.45, 2.75) is 56.6 Å². The Hall–Kier alpha value is -2.34. The van der Waals surface area contributed by atoms with Crippen LogP contribution in [0.3, 0.4) is 0 Å². The molecule has 2 aliphatic rings. The molecule has 2 unspecified atom stereocenters. The van der Waals surface area contributed by atoms with Gasteiger partial charge in [-0.25, -0.2) is 10.4 Å². The minimum Gasteiger partial charge on any atom is -0.394 e. The molecule has 0 amide bonds. The molecular weight excluding hydrogens is 366 g/mol. The van der Waals surface area contributed by atoms with Crippen LogP contribution < -0.4 is 11.2 Å². The van der Waals surface area contributed by atoms with Crippen molar-refractivity contribution >= 4 is 29.1 Å². The van der Waals surface area contributed by atoms with Gasteiger partial charge in [0.2, 0.25) is 5.95 Å². The molecule has 1 saturated carbocycles. The fourth-order valence-corrected chi connectivity index (χ4v) is 3.77. The molecule has 11 heteroatoms. The molecule has 0 aromatic carbocycles. The Morgan fingerprint density at radius 3 is 2.75 bits per heavy atom. The van der Waals surface area contributed by atoms with Crippen LogP contribution in [0, 0.1) is 5.92 Å². The van der Waals surface area contributed by atoms with Crippen LogP contribution in [0.2, 0.25) is 0 Å². The zero-order valence-electron chi connectivity index (χ0n) is 15.3. The van der Waals surface area contributed by atoms with E-state index in [9.17, 15) is 15.3 Å². The SMILES string of the molecule is Nc1nc(NN=CC2CCCCC2)nc2c1ncn2[C@@H]1O[C@H](CO)C(O)C1O. The number of aromatic nitrogens is 4. The minimum atomic E-state index is -1.24. The molecule has 0 radical (unpaired) electrons. The first-order valence-corrected chi connectivity index (χ1v) is 9.50. The molecule has 11 nitrogen and oxygen atoms in total. The Morgan fingerprint density at radius 1 is 1.25 bits per heavy atom. The van der Waals surface area contributed by atoms with Gasteiger partial charge in [0.15, 0.2) is 17.7 Å². The second-order valence-corrected chi connectivity index (χ2v) is 7.27. The second kappa shape index (κ2) is 7.95. The number of hydrazone groups is 1. The molecule has 2 fully saturated rings. The third-order valence-electron chi connectivity index (χ3n) is 5.34. The lowest BCUT2D eigenvalue weighted by atomic mass is 9.90. The molecule has 4 rings (SSSR count). The smallest absolute Gasteiger partial charge is 0.247 e. The Balaban J connectivity index is 1.57. The predicted octanol–water partition coefficient (Wildman–Crippen LogP) is -0.00200. The van der Waals surface area contributed by atoms with E-state index in [2.05, 4.69) is 25.5 Å². The molecule has 2 aromatic rings. The average molecular weight is 391 g/mol. The van der Waals surface area contributed by atoms with E-state index in [-0.39, 0.29) is 11.8 Å². The van der Waals surface area contributed by atoms with Gasteiger partial charge in [0.25, 0.3) is 0 Å². The van der Waals surface area contributed by atoms with Crippen molar-refractivity contribution in [1.29, 1.82) is 0 Å². The van der Waals surface area contributed by atoms with Crippen molar-refractivity contribution in [3.8, 4) is 0 Å². The van der Waals surface area contributed by atoms with Crippen LogP contribution in [0.25, 0.3) is 11.2 Å². The summed E-state index contributed by atoms with van der Waals surface area (Å²) in [6.45, 7) is -0.416. The van der Waals surface area contributed by atoms with E-state index in [0.717, 1.165) is 12.8 Å². The third-order valence-corrected chi connectivity index (χ3v) is 5.34. The second-order valence-electron chi connectivity index (χ2n) is 7.27. The molecule has 0 spiro atoms.